The summed E-state index contributed by atoms with van der Waals surface area (Å²) in [5.74, 6) is 0.214. The fourth-order valence-corrected chi connectivity index (χ4v) is 3.43. The van der Waals surface area contributed by atoms with Crippen molar-refractivity contribution >= 4 is 29.0 Å². The summed E-state index contributed by atoms with van der Waals surface area (Å²) < 4.78 is 0. The van der Waals surface area contributed by atoms with E-state index in [-0.39, 0.29) is 11.2 Å². The van der Waals surface area contributed by atoms with Gasteiger partial charge in [0.05, 0.1) is 10.0 Å². The third-order valence-corrected chi connectivity index (χ3v) is 5.28. The molecule has 1 aromatic carbocycles. The maximum atomic E-state index is 12.8. The molecule has 2 rings (SSSR count). The van der Waals surface area contributed by atoms with E-state index < -0.39 is 0 Å². The number of hydrogen-bond donors (Lipinski definition) is 1. The first-order chi connectivity index (χ1) is 9.59. The normalized spacial score (nSPS) is 18.6. The molecule has 0 atom stereocenters. The number of carbonyl (C=O) groups excluding carboxylic acids is 1. The quantitative estimate of drug-likeness (QED) is 0.837. The molecule has 0 bridgehead atoms. The first-order valence-corrected chi connectivity index (χ1v) is 8.01. The molecule has 0 heterocycles. The summed E-state index contributed by atoms with van der Waals surface area (Å²) in [7, 11) is 0. The highest BCUT2D eigenvalue weighted by molar-refractivity contribution is 6.42. The summed E-state index contributed by atoms with van der Waals surface area (Å²) in [6.45, 7) is 0.435. The molecule has 0 aromatic heterocycles. The van der Waals surface area contributed by atoms with E-state index in [1.807, 2.05) is 12.1 Å². The van der Waals surface area contributed by atoms with Crippen molar-refractivity contribution in [3.05, 3.63) is 33.8 Å². The molecule has 4 heteroatoms. The number of rotatable bonds is 4. The maximum Gasteiger partial charge on any atom is 0.144 e. The van der Waals surface area contributed by atoms with Crippen molar-refractivity contribution in [1.29, 1.82) is 0 Å². The van der Waals surface area contributed by atoms with Crippen LogP contribution in [0.3, 0.4) is 0 Å². The van der Waals surface area contributed by atoms with Crippen LogP contribution in [-0.4, -0.2) is 12.3 Å². The molecule has 1 aliphatic rings. The van der Waals surface area contributed by atoms with Crippen LogP contribution >= 0.6 is 23.2 Å². The van der Waals surface area contributed by atoms with Crippen molar-refractivity contribution in [2.45, 2.75) is 44.9 Å². The molecular formula is C16H21Cl2NO. The first kappa shape index (κ1) is 15.8. The molecule has 0 aliphatic heterocycles. The summed E-state index contributed by atoms with van der Waals surface area (Å²) in [5, 5.41) is 0.989. The van der Waals surface area contributed by atoms with Crippen LogP contribution in [0.4, 0.5) is 0 Å². The lowest BCUT2D eigenvalue weighted by atomic mass is 9.75. The van der Waals surface area contributed by atoms with E-state index >= 15 is 0 Å². The average molecular weight is 314 g/mol. The van der Waals surface area contributed by atoms with Crippen LogP contribution in [0, 0.1) is 5.41 Å². The van der Waals surface area contributed by atoms with Gasteiger partial charge in [-0.05, 0) is 24.5 Å². The number of carbonyl (C=O) groups is 1. The van der Waals surface area contributed by atoms with Gasteiger partial charge >= 0.3 is 0 Å². The average Bonchev–Trinajstić information content (AvgIpc) is 2.70. The van der Waals surface area contributed by atoms with Gasteiger partial charge in [0.15, 0.2) is 0 Å². The van der Waals surface area contributed by atoms with E-state index in [9.17, 15) is 4.79 Å². The molecule has 110 valence electrons. The second kappa shape index (κ2) is 6.93. The molecule has 0 amide bonds. The van der Waals surface area contributed by atoms with Crippen molar-refractivity contribution in [2.75, 3.05) is 6.54 Å². The van der Waals surface area contributed by atoms with Gasteiger partial charge in [-0.1, -0.05) is 61.0 Å². The molecular weight excluding hydrogens is 293 g/mol. The standard InChI is InChI=1S/C16H21Cl2NO/c17-13-7-5-6-12(15(13)18)10-14(20)16(11-19)8-3-1-2-4-9-16/h5-7H,1-4,8-11,19H2. The van der Waals surface area contributed by atoms with Crippen LogP contribution < -0.4 is 5.73 Å². The van der Waals surface area contributed by atoms with Gasteiger partial charge in [0, 0.05) is 18.4 Å². The van der Waals surface area contributed by atoms with E-state index in [1.165, 1.54) is 12.8 Å². The Labute approximate surface area is 130 Å². The van der Waals surface area contributed by atoms with Crippen molar-refractivity contribution in [3.63, 3.8) is 0 Å². The smallest absolute Gasteiger partial charge is 0.144 e. The fourth-order valence-electron chi connectivity index (χ4n) is 3.05. The summed E-state index contributed by atoms with van der Waals surface area (Å²) in [5.41, 5.74) is 6.40. The molecule has 1 aliphatic carbocycles. The van der Waals surface area contributed by atoms with Crippen molar-refractivity contribution in [1.82, 2.24) is 0 Å². The van der Waals surface area contributed by atoms with Crippen molar-refractivity contribution in [2.24, 2.45) is 11.1 Å². The first-order valence-electron chi connectivity index (χ1n) is 7.25. The number of Topliss-reactive ketones (excluding diaryl/α,β-unsaturated/α-hetero) is 1. The Morgan fingerprint density at radius 2 is 1.80 bits per heavy atom. The summed E-state index contributed by atoms with van der Waals surface area (Å²) in [4.78, 5) is 12.8. The lowest BCUT2D eigenvalue weighted by molar-refractivity contribution is -0.128. The predicted molar refractivity (Wildman–Crippen MR) is 84.4 cm³/mol. The van der Waals surface area contributed by atoms with Gasteiger partial charge in [0.1, 0.15) is 5.78 Å². The van der Waals surface area contributed by atoms with Crippen molar-refractivity contribution in [3.8, 4) is 0 Å². The van der Waals surface area contributed by atoms with Crippen LogP contribution in [0.15, 0.2) is 18.2 Å². The Morgan fingerprint density at radius 3 is 2.40 bits per heavy atom. The Kier molecular flexibility index (Phi) is 5.48. The van der Waals surface area contributed by atoms with Crippen LogP contribution in [0.2, 0.25) is 10.0 Å². The van der Waals surface area contributed by atoms with Gasteiger partial charge in [-0.2, -0.15) is 0 Å². The zero-order valence-corrected chi connectivity index (χ0v) is 13.1. The zero-order valence-electron chi connectivity index (χ0n) is 11.6. The van der Waals surface area contributed by atoms with Gasteiger partial charge < -0.3 is 5.73 Å². The maximum absolute atomic E-state index is 12.8. The number of hydrogen-bond acceptors (Lipinski definition) is 2. The third kappa shape index (κ3) is 3.36. The SMILES string of the molecule is NCC1(C(=O)Cc2cccc(Cl)c2Cl)CCCCCC1. The minimum Gasteiger partial charge on any atom is -0.329 e. The van der Waals surface area contributed by atoms with Gasteiger partial charge in [-0.25, -0.2) is 0 Å². The Balaban J connectivity index is 2.18. The highest BCUT2D eigenvalue weighted by Crippen LogP contribution is 2.37. The highest BCUT2D eigenvalue weighted by atomic mass is 35.5. The van der Waals surface area contributed by atoms with Crippen molar-refractivity contribution < 1.29 is 4.79 Å². The molecule has 20 heavy (non-hydrogen) atoms. The monoisotopic (exact) mass is 313 g/mol. The molecule has 0 radical (unpaired) electrons. The molecule has 0 spiro atoms. The van der Waals surface area contributed by atoms with Gasteiger partial charge in [-0.3, -0.25) is 4.79 Å². The van der Waals surface area contributed by atoms with Crippen LogP contribution in [0.1, 0.15) is 44.1 Å². The predicted octanol–water partition coefficient (Wildman–Crippen LogP) is 4.40. The number of benzene rings is 1. The Bertz CT molecular complexity index is 479. The molecule has 0 saturated heterocycles. The second-order valence-corrected chi connectivity index (χ2v) is 6.50. The second-order valence-electron chi connectivity index (χ2n) is 5.71. The topological polar surface area (TPSA) is 43.1 Å². The number of nitrogens with two attached hydrogens (primary N) is 1. The van der Waals surface area contributed by atoms with E-state index in [1.54, 1.807) is 6.07 Å². The van der Waals surface area contributed by atoms with E-state index in [4.69, 9.17) is 28.9 Å². The van der Waals surface area contributed by atoms with Gasteiger partial charge in [0.25, 0.3) is 0 Å². The molecule has 1 saturated carbocycles. The van der Waals surface area contributed by atoms with Crippen LogP contribution in [-0.2, 0) is 11.2 Å². The van der Waals surface area contributed by atoms with Gasteiger partial charge in [0.2, 0.25) is 0 Å². The Morgan fingerprint density at radius 1 is 1.15 bits per heavy atom. The number of halogens is 2. The minimum absolute atomic E-state index is 0.214. The molecule has 1 aromatic rings. The van der Waals surface area contributed by atoms with Crippen LogP contribution in [0.25, 0.3) is 0 Å². The molecule has 2 N–H and O–H groups in total. The molecule has 1 fully saturated rings. The Hall–Kier alpha value is -0.570. The summed E-state index contributed by atoms with van der Waals surface area (Å²) in [6.07, 6.45) is 6.72. The number of ketones is 1. The summed E-state index contributed by atoms with van der Waals surface area (Å²) in [6, 6.07) is 5.44. The molecule has 2 nitrogen and oxygen atoms in total. The lowest BCUT2D eigenvalue weighted by Gasteiger charge is -2.30. The molecule has 0 unspecified atom stereocenters. The minimum atomic E-state index is -0.359. The zero-order chi connectivity index (χ0) is 14.6. The van der Waals surface area contributed by atoms with E-state index in [0.29, 0.717) is 23.0 Å². The summed E-state index contributed by atoms with van der Waals surface area (Å²) >= 11 is 12.2. The van der Waals surface area contributed by atoms with E-state index in [2.05, 4.69) is 0 Å². The van der Waals surface area contributed by atoms with Gasteiger partial charge in [-0.15, -0.1) is 0 Å². The highest BCUT2D eigenvalue weighted by Gasteiger charge is 2.36. The lowest BCUT2D eigenvalue weighted by Crippen LogP contribution is -2.39. The largest absolute Gasteiger partial charge is 0.329 e. The fraction of sp³-hybridized carbons (Fsp3) is 0.562. The van der Waals surface area contributed by atoms with E-state index in [0.717, 1.165) is 31.2 Å². The van der Waals surface area contributed by atoms with Crippen LogP contribution in [0.5, 0.6) is 0 Å². The third-order valence-electron chi connectivity index (χ3n) is 4.43.